The first-order chi connectivity index (χ1) is 16.4. The third-order valence-corrected chi connectivity index (χ3v) is 6.91. The van der Waals surface area contributed by atoms with Crippen LogP contribution in [-0.2, 0) is 0 Å². The second kappa shape index (κ2) is 6.05. The largest absolute Gasteiger partial charge is 0.456 e. The molecule has 0 amide bonds. The van der Waals surface area contributed by atoms with E-state index in [-0.39, 0.29) is 0 Å². The van der Waals surface area contributed by atoms with Crippen molar-refractivity contribution in [1.82, 2.24) is 9.55 Å². The molecule has 0 spiro atoms. The molecule has 3 aromatic heterocycles. The molecule has 0 saturated carbocycles. The number of fused-ring (bicyclic) bond motifs is 10. The van der Waals surface area contributed by atoms with Gasteiger partial charge in [0.15, 0.2) is 0 Å². The standard InChI is InChI=1S/C30H18N2O/c1-2-8-18(9-3-1)32-25-14-15-28-30(20-11-5-7-13-27(20)33-28)29(25)22-16-21-19-10-4-6-12-23(19)31-24(21)17-26(22)32/h1-17,31H. The van der Waals surface area contributed by atoms with Crippen LogP contribution in [0, 0.1) is 0 Å². The van der Waals surface area contributed by atoms with Gasteiger partial charge in [0, 0.05) is 49.0 Å². The molecule has 3 heterocycles. The number of hydrogen-bond donors (Lipinski definition) is 1. The Balaban J connectivity index is 1.67. The van der Waals surface area contributed by atoms with Gasteiger partial charge in [-0.25, -0.2) is 0 Å². The van der Waals surface area contributed by atoms with Gasteiger partial charge in [0.05, 0.1) is 11.0 Å². The van der Waals surface area contributed by atoms with Gasteiger partial charge in [0.25, 0.3) is 0 Å². The number of hydrogen-bond acceptors (Lipinski definition) is 1. The van der Waals surface area contributed by atoms with E-state index in [9.17, 15) is 0 Å². The van der Waals surface area contributed by atoms with Gasteiger partial charge in [-0.15, -0.1) is 0 Å². The van der Waals surface area contributed by atoms with Crippen LogP contribution in [0.4, 0.5) is 0 Å². The van der Waals surface area contributed by atoms with Crippen molar-refractivity contribution in [1.29, 1.82) is 0 Å². The van der Waals surface area contributed by atoms with Crippen LogP contribution in [0.15, 0.2) is 108 Å². The summed E-state index contributed by atoms with van der Waals surface area (Å²) in [6.45, 7) is 0. The molecule has 154 valence electrons. The molecule has 0 atom stereocenters. The minimum Gasteiger partial charge on any atom is -0.456 e. The average Bonchev–Trinajstić information content (AvgIpc) is 3.51. The van der Waals surface area contributed by atoms with E-state index < -0.39 is 0 Å². The van der Waals surface area contributed by atoms with E-state index in [2.05, 4.69) is 107 Å². The molecule has 0 aliphatic carbocycles. The van der Waals surface area contributed by atoms with Crippen LogP contribution >= 0.6 is 0 Å². The van der Waals surface area contributed by atoms with E-state index in [0.717, 1.165) is 33.3 Å². The first-order valence-corrected chi connectivity index (χ1v) is 11.2. The molecule has 5 aromatic carbocycles. The zero-order chi connectivity index (χ0) is 21.5. The van der Waals surface area contributed by atoms with Crippen molar-refractivity contribution in [2.24, 2.45) is 0 Å². The second-order valence-corrected chi connectivity index (χ2v) is 8.69. The molecule has 0 aliphatic rings. The van der Waals surface area contributed by atoms with E-state index in [0.29, 0.717) is 0 Å². The Kier molecular flexibility index (Phi) is 3.14. The molecule has 3 nitrogen and oxygen atoms in total. The first kappa shape index (κ1) is 17.1. The summed E-state index contributed by atoms with van der Waals surface area (Å²) in [5.74, 6) is 0. The molecule has 0 fully saturated rings. The predicted octanol–water partition coefficient (Wildman–Crippen LogP) is 8.32. The van der Waals surface area contributed by atoms with Crippen LogP contribution in [0.3, 0.4) is 0 Å². The van der Waals surface area contributed by atoms with E-state index >= 15 is 0 Å². The summed E-state index contributed by atoms with van der Waals surface area (Å²) in [5.41, 5.74) is 7.69. The van der Waals surface area contributed by atoms with Gasteiger partial charge in [-0.3, -0.25) is 0 Å². The predicted molar refractivity (Wildman–Crippen MR) is 137 cm³/mol. The number of para-hydroxylation sites is 3. The number of benzene rings is 5. The van der Waals surface area contributed by atoms with Crippen LogP contribution in [0.2, 0.25) is 0 Å². The Hall–Kier alpha value is -4.50. The molecule has 8 rings (SSSR count). The van der Waals surface area contributed by atoms with Crippen LogP contribution in [0.1, 0.15) is 0 Å². The SMILES string of the molecule is c1ccc(-n2c3cc4[nH]c5ccccc5c4cc3c3c4c(ccc32)oc2ccccc24)cc1. The quantitative estimate of drug-likeness (QED) is 0.283. The monoisotopic (exact) mass is 422 g/mol. The topological polar surface area (TPSA) is 33.9 Å². The van der Waals surface area contributed by atoms with Crippen molar-refractivity contribution in [3.8, 4) is 5.69 Å². The highest BCUT2D eigenvalue weighted by atomic mass is 16.3. The fraction of sp³-hybridized carbons (Fsp3) is 0. The van der Waals surface area contributed by atoms with E-state index in [1.807, 2.05) is 6.07 Å². The Labute approximate surface area is 188 Å². The number of aromatic nitrogens is 2. The van der Waals surface area contributed by atoms with Gasteiger partial charge in [-0.1, -0.05) is 54.6 Å². The number of nitrogens with one attached hydrogen (secondary N) is 1. The molecule has 0 aliphatic heterocycles. The van der Waals surface area contributed by atoms with E-state index in [1.165, 1.54) is 38.0 Å². The van der Waals surface area contributed by atoms with Crippen molar-refractivity contribution < 1.29 is 4.42 Å². The van der Waals surface area contributed by atoms with Gasteiger partial charge in [-0.05, 0) is 48.5 Å². The summed E-state index contributed by atoms with van der Waals surface area (Å²) >= 11 is 0. The number of furan rings is 1. The summed E-state index contributed by atoms with van der Waals surface area (Å²) in [6.07, 6.45) is 0. The highest BCUT2D eigenvalue weighted by Gasteiger charge is 2.20. The van der Waals surface area contributed by atoms with Gasteiger partial charge >= 0.3 is 0 Å². The van der Waals surface area contributed by atoms with Crippen molar-refractivity contribution in [2.45, 2.75) is 0 Å². The molecule has 8 aromatic rings. The van der Waals surface area contributed by atoms with Crippen molar-refractivity contribution in [2.75, 3.05) is 0 Å². The highest BCUT2D eigenvalue weighted by molar-refractivity contribution is 6.29. The summed E-state index contributed by atoms with van der Waals surface area (Å²) < 4.78 is 8.62. The molecule has 0 bridgehead atoms. The molecule has 0 radical (unpaired) electrons. The summed E-state index contributed by atoms with van der Waals surface area (Å²) in [6, 6.07) is 36.4. The molecule has 0 saturated heterocycles. The van der Waals surface area contributed by atoms with Gasteiger partial charge in [-0.2, -0.15) is 0 Å². The Morgan fingerprint density at radius 2 is 1.30 bits per heavy atom. The summed E-state index contributed by atoms with van der Waals surface area (Å²) in [7, 11) is 0. The van der Waals surface area contributed by atoms with Crippen LogP contribution < -0.4 is 0 Å². The third kappa shape index (κ3) is 2.18. The molecule has 3 heteroatoms. The normalized spacial score (nSPS) is 12.2. The van der Waals surface area contributed by atoms with E-state index in [1.54, 1.807) is 0 Å². The fourth-order valence-electron chi connectivity index (χ4n) is 5.52. The molecule has 0 unspecified atom stereocenters. The average molecular weight is 422 g/mol. The van der Waals surface area contributed by atoms with Gasteiger partial charge in [0.2, 0.25) is 0 Å². The lowest BCUT2D eigenvalue weighted by molar-refractivity contribution is 0.669. The number of rotatable bonds is 1. The smallest absolute Gasteiger partial charge is 0.136 e. The van der Waals surface area contributed by atoms with Crippen LogP contribution in [0.5, 0.6) is 0 Å². The Bertz CT molecular complexity index is 2020. The van der Waals surface area contributed by atoms with Gasteiger partial charge in [0.1, 0.15) is 11.2 Å². The fourth-order valence-corrected chi connectivity index (χ4v) is 5.52. The van der Waals surface area contributed by atoms with Crippen LogP contribution in [-0.4, -0.2) is 9.55 Å². The number of aromatic amines is 1. The molecular weight excluding hydrogens is 404 g/mol. The third-order valence-electron chi connectivity index (χ3n) is 6.91. The van der Waals surface area contributed by atoms with Crippen molar-refractivity contribution in [3.63, 3.8) is 0 Å². The second-order valence-electron chi connectivity index (χ2n) is 8.69. The maximum Gasteiger partial charge on any atom is 0.136 e. The maximum absolute atomic E-state index is 6.25. The maximum atomic E-state index is 6.25. The first-order valence-electron chi connectivity index (χ1n) is 11.2. The molecule has 33 heavy (non-hydrogen) atoms. The minimum absolute atomic E-state index is 0.925. The van der Waals surface area contributed by atoms with E-state index in [4.69, 9.17) is 4.42 Å². The zero-order valence-electron chi connectivity index (χ0n) is 17.7. The highest BCUT2D eigenvalue weighted by Crippen LogP contribution is 2.42. The van der Waals surface area contributed by atoms with Gasteiger partial charge < -0.3 is 14.0 Å². The van der Waals surface area contributed by atoms with Crippen LogP contribution in [0.25, 0.3) is 71.2 Å². The van der Waals surface area contributed by atoms with Crippen molar-refractivity contribution >= 4 is 65.6 Å². The minimum atomic E-state index is 0.925. The molecular formula is C30H18N2O. The number of H-pyrrole nitrogens is 1. The summed E-state index contributed by atoms with van der Waals surface area (Å²) in [5, 5.41) is 7.31. The number of nitrogens with zero attached hydrogens (tertiary/aromatic N) is 1. The summed E-state index contributed by atoms with van der Waals surface area (Å²) in [4.78, 5) is 3.62. The zero-order valence-corrected chi connectivity index (χ0v) is 17.7. The Morgan fingerprint density at radius 1 is 0.515 bits per heavy atom. The lowest BCUT2D eigenvalue weighted by atomic mass is 10.0. The molecule has 1 N–H and O–H groups in total. The lowest BCUT2D eigenvalue weighted by Crippen LogP contribution is -1.92. The lowest BCUT2D eigenvalue weighted by Gasteiger charge is -2.07. The Morgan fingerprint density at radius 3 is 2.21 bits per heavy atom. The van der Waals surface area contributed by atoms with Crippen molar-refractivity contribution in [3.05, 3.63) is 103 Å².